The van der Waals surface area contributed by atoms with E-state index in [-0.39, 0.29) is 33.4 Å². The van der Waals surface area contributed by atoms with Crippen molar-refractivity contribution < 1.29 is 29.3 Å². The minimum absolute atomic E-state index is 0.0427. The molecule has 35 heavy (non-hydrogen) atoms. The van der Waals surface area contributed by atoms with Crippen molar-refractivity contribution in [2.24, 2.45) is 0 Å². The molecule has 0 saturated carbocycles. The SMILES string of the molecule is COc1cc(/C(O)=C2\C(=O)C(=O)N(c3ccc(C)c(C)c3)C2c2cccc(O)c2)c(OC)cc1Cl. The zero-order valence-corrected chi connectivity index (χ0v) is 20.4. The van der Waals surface area contributed by atoms with Crippen molar-refractivity contribution in [1.29, 1.82) is 0 Å². The van der Waals surface area contributed by atoms with Gasteiger partial charge in [0.25, 0.3) is 11.7 Å². The topological polar surface area (TPSA) is 96.3 Å². The number of nitrogens with zero attached hydrogens (tertiary/aromatic N) is 1. The Kier molecular flexibility index (Phi) is 6.45. The summed E-state index contributed by atoms with van der Waals surface area (Å²) in [7, 11) is 2.82. The van der Waals surface area contributed by atoms with Gasteiger partial charge in [-0.1, -0.05) is 29.8 Å². The smallest absolute Gasteiger partial charge is 0.300 e. The lowest BCUT2D eigenvalue weighted by Gasteiger charge is -2.26. The van der Waals surface area contributed by atoms with Crippen LogP contribution in [0.3, 0.4) is 0 Å². The van der Waals surface area contributed by atoms with E-state index in [9.17, 15) is 19.8 Å². The van der Waals surface area contributed by atoms with E-state index >= 15 is 0 Å². The fourth-order valence-electron chi connectivity index (χ4n) is 4.18. The molecule has 1 atom stereocenters. The number of Topliss-reactive ketones (excluding diaryl/α,β-unsaturated/α-hetero) is 1. The van der Waals surface area contributed by atoms with Crippen LogP contribution in [0.15, 0.2) is 60.2 Å². The maximum atomic E-state index is 13.4. The molecular weight excluding hydrogens is 470 g/mol. The number of ether oxygens (including phenoxy) is 2. The summed E-state index contributed by atoms with van der Waals surface area (Å²) in [5, 5.41) is 21.8. The predicted octanol–water partition coefficient (Wildman–Crippen LogP) is 5.31. The van der Waals surface area contributed by atoms with Crippen LogP contribution in [0.4, 0.5) is 5.69 Å². The number of ketones is 1. The van der Waals surface area contributed by atoms with Crippen molar-refractivity contribution in [1.82, 2.24) is 0 Å². The molecule has 1 fully saturated rings. The average Bonchev–Trinajstić information content (AvgIpc) is 3.10. The normalized spacial score (nSPS) is 17.1. The average molecular weight is 494 g/mol. The number of aromatic hydroxyl groups is 1. The molecule has 1 amide bonds. The van der Waals surface area contributed by atoms with Gasteiger partial charge in [0.05, 0.1) is 36.4 Å². The molecule has 7 nitrogen and oxygen atoms in total. The van der Waals surface area contributed by atoms with Gasteiger partial charge in [0, 0.05) is 11.8 Å². The molecule has 0 spiro atoms. The number of aliphatic hydroxyl groups is 1. The van der Waals surface area contributed by atoms with Gasteiger partial charge in [-0.3, -0.25) is 14.5 Å². The predicted molar refractivity (Wildman–Crippen MR) is 133 cm³/mol. The number of phenolic OH excluding ortho intramolecular Hbond substituents is 1. The van der Waals surface area contributed by atoms with E-state index in [1.807, 2.05) is 26.0 Å². The number of amides is 1. The second kappa shape index (κ2) is 9.35. The van der Waals surface area contributed by atoms with Crippen LogP contribution < -0.4 is 14.4 Å². The first-order valence-corrected chi connectivity index (χ1v) is 11.1. The van der Waals surface area contributed by atoms with E-state index in [0.29, 0.717) is 11.3 Å². The van der Waals surface area contributed by atoms with Crippen molar-refractivity contribution in [3.8, 4) is 17.2 Å². The number of hydrogen-bond donors (Lipinski definition) is 2. The summed E-state index contributed by atoms with van der Waals surface area (Å²) in [6, 6.07) is 13.5. The molecule has 0 aromatic heterocycles. The third kappa shape index (κ3) is 4.19. The number of phenols is 1. The number of methoxy groups -OCH3 is 2. The Hall–Kier alpha value is -3.97. The van der Waals surface area contributed by atoms with E-state index in [1.54, 1.807) is 18.2 Å². The van der Waals surface area contributed by atoms with Crippen LogP contribution in [-0.4, -0.2) is 36.1 Å². The second-order valence-electron chi connectivity index (χ2n) is 8.22. The third-order valence-electron chi connectivity index (χ3n) is 6.13. The zero-order chi connectivity index (χ0) is 25.4. The van der Waals surface area contributed by atoms with Crippen LogP contribution >= 0.6 is 11.6 Å². The van der Waals surface area contributed by atoms with E-state index in [0.717, 1.165) is 11.1 Å². The third-order valence-corrected chi connectivity index (χ3v) is 6.42. The fourth-order valence-corrected chi connectivity index (χ4v) is 4.41. The maximum Gasteiger partial charge on any atom is 0.300 e. The number of anilines is 1. The molecule has 3 aromatic carbocycles. The van der Waals surface area contributed by atoms with Crippen molar-refractivity contribution in [2.75, 3.05) is 19.1 Å². The van der Waals surface area contributed by atoms with Gasteiger partial charge < -0.3 is 19.7 Å². The molecule has 8 heteroatoms. The summed E-state index contributed by atoms with van der Waals surface area (Å²) in [4.78, 5) is 28.0. The number of aliphatic hydroxyl groups excluding tert-OH is 1. The highest BCUT2D eigenvalue weighted by Crippen LogP contribution is 2.45. The van der Waals surface area contributed by atoms with Crippen LogP contribution in [0.25, 0.3) is 5.76 Å². The number of benzene rings is 3. The molecule has 4 rings (SSSR count). The van der Waals surface area contributed by atoms with Gasteiger partial charge in [-0.25, -0.2) is 0 Å². The quantitative estimate of drug-likeness (QED) is 0.284. The lowest BCUT2D eigenvalue weighted by molar-refractivity contribution is -0.132. The van der Waals surface area contributed by atoms with Gasteiger partial charge in [0.2, 0.25) is 0 Å². The molecule has 1 heterocycles. The summed E-state index contributed by atoms with van der Waals surface area (Å²) >= 11 is 6.21. The summed E-state index contributed by atoms with van der Waals surface area (Å²) in [5.41, 5.74) is 2.88. The lowest BCUT2D eigenvalue weighted by Crippen LogP contribution is -2.29. The van der Waals surface area contributed by atoms with E-state index in [4.69, 9.17) is 21.1 Å². The Morgan fingerprint density at radius 3 is 2.29 bits per heavy atom. The van der Waals surface area contributed by atoms with Gasteiger partial charge in [0.15, 0.2) is 0 Å². The van der Waals surface area contributed by atoms with Gasteiger partial charge in [-0.2, -0.15) is 0 Å². The highest BCUT2D eigenvalue weighted by molar-refractivity contribution is 6.51. The number of halogens is 1. The molecule has 0 bridgehead atoms. The van der Waals surface area contributed by atoms with E-state index < -0.39 is 23.5 Å². The molecule has 180 valence electrons. The Bertz CT molecular complexity index is 1380. The van der Waals surface area contributed by atoms with Crippen molar-refractivity contribution in [2.45, 2.75) is 19.9 Å². The summed E-state index contributed by atoms with van der Waals surface area (Å²) in [5.74, 6) is -1.71. The first-order chi connectivity index (χ1) is 16.7. The largest absolute Gasteiger partial charge is 0.508 e. The summed E-state index contributed by atoms with van der Waals surface area (Å²) in [6.07, 6.45) is 0. The lowest BCUT2D eigenvalue weighted by atomic mass is 9.94. The Morgan fingerprint density at radius 1 is 0.943 bits per heavy atom. The van der Waals surface area contributed by atoms with Crippen molar-refractivity contribution in [3.63, 3.8) is 0 Å². The first-order valence-electron chi connectivity index (χ1n) is 10.8. The van der Waals surface area contributed by atoms with Gasteiger partial charge in [-0.05, 0) is 60.9 Å². The van der Waals surface area contributed by atoms with E-state index in [1.165, 1.54) is 43.4 Å². The minimum atomic E-state index is -1.00. The summed E-state index contributed by atoms with van der Waals surface area (Å²) < 4.78 is 10.7. The molecule has 0 radical (unpaired) electrons. The van der Waals surface area contributed by atoms with Gasteiger partial charge >= 0.3 is 0 Å². The van der Waals surface area contributed by atoms with Gasteiger partial charge in [-0.15, -0.1) is 0 Å². The number of carbonyl (C=O) groups excluding carboxylic acids is 2. The van der Waals surface area contributed by atoms with Crippen LogP contribution in [0.1, 0.15) is 28.3 Å². The van der Waals surface area contributed by atoms with E-state index in [2.05, 4.69) is 0 Å². The minimum Gasteiger partial charge on any atom is -0.508 e. The number of hydrogen-bond acceptors (Lipinski definition) is 6. The molecule has 1 aliphatic rings. The molecule has 1 saturated heterocycles. The van der Waals surface area contributed by atoms with Crippen LogP contribution in [0, 0.1) is 13.8 Å². The first kappa shape index (κ1) is 24.2. The molecule has 1 aliphatic heterocycles. The Labute approximate surface area is 207 Å². The monoisotopic (exact) mass is 493 g/mol. The van der Waals surface area contributed by atoms with Crippen molar-refractivity contribution in [3.05, 3.63) is 87.4 Å². The molecule has 2 N–H and O–H groups in total. The second-order valence-corrected chi connectivity index (χ2v) is 8.63. The van der Waals surface area contributed by atoms with Crippen molar-refractivity contribution >= 4 is 34.7 Å². The van der Waals surface area contributed by atoms with Crippen LogP contribution in [0.5, 0.6) is 17.2 Å². The molecular formula is C27H24ClNO6. The number of rotatable bonds is 5. The summed E-state index contributed by atoms with van der Waals surface area (Å²) in [6.45, 7) is 3.85. The zero-order valence-electron chi connectivity index (χ0n) is 19.6. The molecule has 3 aromatic rings. The standard InChI is InChI=1S/C27H24ClNO6/c1-14-8-9-17(10-15(14)2)29-24(16-6-5-7-18(30)11-16)23(26(32)27(29)33)25(31)19-12-22(35-4)20(28)13-21(19)34-3/h5-13,24,30-31H,1-4H3/b25-23+. The van der Waals surface area contributed by atoms with Crippen LogP contribution in [-0.2, 0) is 9.59 Å². The number of carbonyl (C=O) groups is 2. The highest BCUT2D eigenvalue weighted by Gasteiger charge is 2.47. The maximum absolute atomic E-state index is 13.4. The molecule has 0 aliphatic carbocycles. The fraction of sp³-hybridized carbons (Fsp3) is 0.185. The van der Waals surface area contributed by atoms with Gasteiger partial charge in [0.1, 0.15) is 23.0 Å². The Balaban J connectivity index is 2.01. The Morgan fingerprint density at radius 2 is 1.66 bits per heavy atom. The van der Waals surface area contributed by atoms with Crippen LogP contribution in [0.2, 0.25) is 5.02 Å². The highest BCUT2D eigenvalue weighted by atomic mass is 35.5. The number of aryl methyl sites for hydroxylation is 2. The molecule has 1 unspecified atom stereocenters.